The van der Waals surface area contributed by atoms with Gasteiger partial charge in [-0.2, -0.15) is 5.10 Å². The molecule has 0 spiro atoms. The van der Waals surface area contributed by atoms with Gasteiger partial charge >= 0.3 is 6.09 Å². The molecule has 35 heavy (non-hydrogen) atoms. The Kier molecular flexibility index (Phi) is 9.86. The van der Waals surface area contributed by atoms with Gasteiger partial charge in [-0.05, 0) is 58.3 Å². The number of amides is 1. The second-order valence-corrected chi connectivity index (χ2v) is 9.16. The van der Waals surface area contributed by atoms with Gasteiger partial charge in [0.1, 0.15) is 18.0 Å². The van der Waals surface area contributed by atoms with E-state index in [0.29, 0.717) is 43.0 Å². The summed E-state index contributed by atoms with van der Waals surface area (Å²) in [5, 5.41) is 4.46. The monoisotopic (exact) mass is 486 g/mol. The molecule has 0 bridgehead atoms. The van der Waals surface area contributed by atoms with E-state index in [2.05, 4.69) is 23.9 Å². The molecule has 0 aliphatic carbocycles. The van der Waals surface area contributed by atoms with Gasteiger partial charge in [-0.1, -0.05) is 13.8 Å². The lowest BCUT2D eigenvalue weighted by molar-refractivity contribution is 0.0268. The van der Waals surface area contributed by atoms with Crippen molar-refractivity contribution < 1.29 is 23.8 Å². The average Bonchev–Trinajstić information content (AvgIpc) is 3.33. The van der Waals surface area contributed by atoms with Crippen molar-refractivity contribution >= 4 is 18.0 Å². The zero-order chi connectivity index (χ0) is 26.2. The number of ether oxygens (including phenoxy) is 3. The van der Waals surface area contributed by atoms with Crippen molar-refractivity contribution in [1.29, 1.82) is 0 Å². The number of carbonyl (C=O) groups excluding carboxylic acids is 2. The number of aromatic nitrogens is 3. The Morgan fingerprint density at radius 3 is 2.57 bits per heavy atom. The summed E-state index contributed by atoms with van der Waals surface area (Å²) in [5.74, 6) is 0.723. The molecule has 0 saturated heterocycles. The lowest BCUT2D eigenvalue weighted by Crippen LogP contribution is -2.41. The molecule has 192 valence electrons. The fourth-order valence-electron chi connectivity index (χ4n) is 3.60. The maximum atomic E-state index is 12.7. The van der Waals surface area contributed by atoms with Gasteiger partial charge in [-0.25, -0.2) is 9.78 Å². The van der Waals surface area contributed by atoms with E-state index in [1.807, 2.05) is 45.4 Å². The first kappa shape index (κ1) is 27.9. The van der Waals surface area contributed by atoms with Crippen molar-refractivity contribution in [2.24, 2.45) is 0 Å². The second-order valence-electron chi connectivity index (χ2n) is 9.16. The number of rotatable bonds is 7. The molecular formula is C26H38N4O5. The molecule has 1 aliphatic rings. The molecule has 2 aromatic rings. The van der Waals surface area contributed by atoms with Crippen LogP contribution in [0.5, 0.6) is 11.6 Å². The van der Waals surface area contributed by atoms with Crippen molar-refractivity contribution in [2.45, 2.75) is 66.5 Å². The quantitative estimate of drug-likeness (QED) is 0.498. The number of pyridine rings is 1. The van der Waals surface area contributed by atoms with Crippen molar-refractivity contribution in [1.82, 2.24) is 19.7 Å². The van der Waals surface area contributed by atoms with Crippen LogP contribution in [0.15, 0.2) is 30.1 Å². The Balaban J connectivity index is 0.00000210. The Bertz CT molecular complexity index is 1040. The first-order valence-electron chi connectivity index (χ1n) is 12.0. The molecule has 0 saturated carbocycles. The van der Waals surface area contributed by atoms with Gasteiger partial charge in [0.25, 0.3) is 0 Å². The Morgan fingerprint density at radius 1 is 1.26 bits per heavy atom. The van der Waals surface area contributed by atoms with E-state index in [4.69, 9.17) is 14.2 Å². The first-order chi connectivity index (χ1) is 16.6. The van der Waals surface area contributed by atoms with Crippen LogP contribution in [-0.2, 0) is 4.74 Å². The van der Waals surface area contributed by atoms with E-state index < -0.39 is 5.60 Å². The van der Waals surface area contributed by atoms with Gasteiger partial charge in [0, 0.05) is 24.8 Å². The molecular weight excluding hydrogens is 448 g/mol. The maximum absolute atomic E-state index is 12.7. The van der Waals surface area contributed by atoms with Crippen LogP contribution in [-0.4, -0.2) is 64.5 Å². The van der Waals surface area contributed by atoms with Gasteiger partial charge in [-0.15, -0.1) is 0 Å². The summed E-state index contributed by atoms with van der Waals surface area (Å²) in [6.45, 7) is 14.8. The minimum atomic E-state index is -0.573. The van der Waals surface area contributed by atoms with Crippen molar-refractivity contribution in [3.63, 3.8) is 0 Å². The zero-order valence-electron chi connectivity index (χ0n) is 22.1. The minimum absolute atomic E-state index is 0.147. The third kappa shape index (κ3) is 7.31. The summed E-state index contributed by atoms with van der Waals surface area (Å²) in [7, 11) is 1.49. The zero-order valence-corrected chi connectivity index (χ0v) is 22.1. The maximum Gasteiger partial charge on any atom is 0.410 e. The Morgan fingerprint density at radius 2 is 1.97 bits per heavy atom. The van der Waals surface area contributed by atoms with Crippen LogP contribution in [0.2, 0.25) is 0 Å². The largest absolute Gasteiger partial charge is 0.487 e. The van der Waals surface area contributed by atoms with Crippen LogP contribution in [0.4, 0.5) is 4.79 Å². The van der Waals surface area contributed by atoms with E-state index in [-0.39, 0.29) is 18.7 Å². The Hall–Kier alpha value is -3.36. The number of hydrogen-bond donors (Lipinski definition) is 0. The third-order valence-corrected chi connectivity index (χ3v) is 5.19. The SMILES string of the molecule is CC.COc1cc(C=O)c(OCC2=C(c3ccnn3C(C)C)CN(C(=O)OC(C)(C)C)CC2)cn1. The fraction of sp³-hybridized carbons (Fsp3) is 0.538. The third-order valence-electron chi connectivity index (χ3n) is 5.19. The molecule has 0 radical (unpaired) electrons. The van der Waals surface area contributed by atoms with E-state index >= 15 is 0 Å². The second kappa shape index (κ2) is 12.4. The molecule has 0 unspecified atom stereocenters. The van der Waals surface area contributed by atoms with E-state index in [1.54, 1.807) is 11.1 Å². The molecule has 3 heterocycles. The van der Waals surface area contributed by atoms with Crippen LogP contribution in [0.25, 0.3) is 5.57 Å². The average molecular weight is 487 g/mol. The molecule has 0 fully saturated rings. The summed E-state index contributed by atoms with van der Waals surface area (Å²) >= 11 is 0. The standard InChI is InChI=1S/C24H32N4O5.C2H6/c1-16(2)28-20(7-9-26-28)19-13-27(23(30)33-24(3,4)5)10-8-17(19)15-32-21-12-25-22(31-6)11-18(21)14-29;1-2/h7,9,11-12,14,16H,8,10,13,15H2,1-6H3;1-2H3. The number of methoxy groups -OCH3 is 1. The predicted molar refractivity (Wildman–Crippen MR) is 135 cm³/mol. The van der Waals surface area contributed by atoms with Crippen molar-refractivity contribution in [2.75, 3.05) is 26.8 Å². The van der Waals surface area contributed by atoms with Crippen LogP contribution in [0, 0.1) is 0 Å². The molecule has 0 atom stereocenters. The lowest BCUT2D eigenvalue weighted by Gasteiger charge is -2.33. The predicted octanol–water partition coefficient (Wildman–Crippen LogP) is 5.18. The minimum Gasteiger partial charge on any atom is -0.487 e. The molecule has 2 aromatic heterocycles. The topological polar surface area (TPSA) is 95.8 Å². The molecule has 9 heteroatoms. The highest BCUT2D eigenvalue weighted by molar-refractivity contribution is 5.80. The summed E-state index contributed by atoms with van der Waals surface area (Å²) in [6, 6.07) is 3.63. The molecule has 1 aliphatic heterocycles. The summed E-state index contributed by atoms with van der Waals surface area (Å²) in [4.78, 5) is 30.1. The first-order valence-corrected chi connectivity index (χ1v) is 12.0. The smallest absolute Gasteiger partial charge is 0.410 e. The van der Waals surface area contributed by atoms with E-state index in [1.165, 1.54) is 19.4 Å². The number of nitrogens with zero attached hydrogens (tertiary/aromatic N) is 4. The molecule has 0 N–H and O–H groups in total. The highest BCUT2D eigenvalue weighted by atomic mass is 16.6. The molecule has 0 aromatic carbocycles. The molecule has 3 rings (SSSR count). The van der Waals surface area contributed by atoms with Crippen LogP contribution in [0.3, 0.4) is 0 Å². The van der Waals surface area contributed by atoms with Gasteiger partial charge in [0.15, 0.2) is 6.29 Å². The molecule has 9 nitrogen and oxygen atoms in total. The van der Waals surface area contributed by atoms with Gasteiger partial charge in [0.05, 0.1) is 31.1 Å². The van der Waals surface area contributed by atoms with Crippen LogP contribution < -0.4 is 9.47 Å². The summed E-state index contributed by atoms with van der Waals surface area (Å²) in [5.41, 5.74) is 2.72. The number of aldehydes is 1. The summed E-state index contributed by atoms with van der Waals surface area (Å²) in [6.07, 6.45) is 4.21. The normalized spacial score (nSPS) is 13.8. The highest BCUT2D eigenvalue weighted by Gasteiger charge is 2.29. The Labute approximate surface area is 208 Å². The number of carbonyl (C=O) groups is 2. The van der Waals surface area contributed by atoms with E-state index in [0.717, 1.165) is 16.8 Å². The lowest BCUT2D eigenvalue weighted by atomic mass is 9.97. The summed E-state index contributed by atoms with van der Waals surface area (Å²) < 4.78 is 18.6. The highest BCUT2D eigenvalue weighted by Crippen LogP contribution is 2.30. The van der Waals surface area contributed by atoms with Gasteiger partial charge in [0.2, 0.25) is 5.88 Å². The van der Waals surface area contributed by atoms with Crippen molar-refractivity contribution in [3.05, 3.63) is 41.4 Å². The van der Waals surface area contributed by atoms with Crippen LogP contribution in [0.1, 0.15) is 77.0 Å². The van der Waals surface area contributed by atoms with Gasteiger partial charge in [-0.3, -0.25) is 9.48 Å². The van der Waals surface area contributed by atoms with Crippen LogP contribution >= 0.6 is 0 Å². The number of hydrogen-bond acceptors (Lipinski definition) is 7. The molecule has 1 amide bonds. The van der Waals surface area contributed by atoms with E-state index in [9.17, 15) is 9.59 Å². The van der Waals surface area contributed by atoms with Gasteiger partial charge < -0.3 is 19.1 Å². The fourth-order valence-corrected chi connectivity index (χ4v) is 3.60. The van der Waals surface area contributed by atoms with Crippen molar-refractivity contribution in [3.8, 4) is 11.6 Å².